The van der Waals surface area contributed by atoms with Crippen molar-refractivity contribution in [1.82, 2.24) is 0 Å². The standard InChI is InChI=1S/C15H29NO/c1-2-11(10-16)15(17)14-8-7-12-5-3-4-6-13(12)9-14/h11-15,17H,2-10,16H2,1H3. The Hall–Kier alpha value is -0.0800. The molecule has 2 heteroatoms. The van der Waals surface area contributed by atoms with Crippen molar-refractivity contribution in [2.45, 2.75) is 64.4 Å². The Balaban J connectivity index is 1.90. The summed E-state index contributed by atoms with van der Waals surface area (Å²) >= 11 is 0. The zero-order valence-corrected chi connectivity index (χ0v) is 11.3. The molecule has 2 aliphatic carbocycles. The lowest BCUT2D eigenvalue weighted by Gasteiger charge is -2.42. The normalized spacial score (nSPS) is 37.2. The van der Waals surface area contributed by atoms with Crippen LogP contribution in [0.5, 0.6) is 0 Å². The summed E-state index contributed by atoms with van der Waals surface area (Å²) in [5.41, 5.74) is 5.76. The van der Waals surface area contributed by atoms with E-state index < -0.39 is 0 Å². The summed E-state index contributed by atoms with van der Waals surface area (Å²) in [5.74, 6) is 2.74. The fourth-order valence-corrected chi connectivity index (χ4v) is 4.15. The van der Waals surface area contributed by atoms with Gasteiger partial charge in [0.05, 0.1) is 6.10 Å². The van der Waals surface area contributed by atoms with Gasteiger partial charge in [0.2, 0.25) is 0 Å². The van der Waals surface area contributed by atoms with Crippen molar-refractivity contribution < 1.29 is 5.11 Å². The van der Waals surface area contributed by atoms with E-state index in [2.05, 4.69) is 6.92 Å². The molecule has 0 heterocycles. The molecule has 2 aliphatic rings. The van der Waals surface area contributed by atoms with Gasteiger partial charge in [-0.2, -0.15) is 0 Å². The minimum Gasteiger partial charge on any atom is -0.393 e. The highest BCUT2D eigenvalue weighted by molar-refractivity contribution is 4.87. The third kappa shape index (κ3) is 3.03. The number of hydrogen-bond acceptors (Lipinski definition) is 2. The zero-order valence-electron chi connectivity index (χ0n) is 11.3. The quantitative estimate of drug-likeness (QED) is 0.792. The summed E-state index contributed by atoms with van der Waals surface area (Å²) in [6.07, 6.45) is 10.4. The van der Waals surface area contributed by atoms with Gasteiger partial charge in [-0.15, -0.1) is 0 Å². The van der Waals surface area contributed by atoms with Gasteiger partial charge in [0.15, 0.2) is 0 Å². The summed E-state index contributed by atoms with van der Waals surface area (Å²) in [7, 11) is 0. The van der Waals surface area contributed by atoms with Gasteiger partial charge in [-0.3, -0.25) is 0 Å². The molecule has 0 saturated heterocycles. The van der Waals surface area contributed by atoms with Crippen molar-refractivity contribution in [3.63, 3.8) is 0 Å². The van der Waals surface area contributed by atoms with E-state index in [0.717, 1.165) is 18.3 Å². The predicted octanol–water partition coefficient (Wildman–Crippen LogP) is 2.94. The Kier molecular flexibility index (Phi) is 4.87. The number of fused-ring (bicyclic) bond motifs is 1. The first-order valence-corrected chi connectivity index (χ1v) is 7.64. The molecule has 0 aliphatic heterocycles. The first-order chi connectivity index (χ1) is 8.26. The van der Waals surface area contributed by atoms with Gasteiger partial charge in [0.1, 0.15) is 0 Å². The average molecular weight is 239 g/mol. The number of nitrogens with two attached hydrogens (primary N) is 1. The maximum Gasteiger partial charge on any atom is 0.0608 e. The average Bonchev–Trinajstić information content (AvgIpc) is 2.39. The first-order valence-electron chi connectivity index (χ1n) is 7.64. The highest BCUT2D eigenvalue weighted by Crippen LogP contribution is 2.44. The Morgan fingerprint density at radius 3 is 2.47 bits per heavy atom. The highest BCUT2D eigenvalue weighted by Gasteiger charge is 2.36. The number of rotatable bonds is 4. The lowest BCUT2D eigenvalue weighted by atomic mass is 9.65. The van der Waals surface area contributed by atoms with Gasteiger partial charge in [0, 0.05) is 0 Å². The molecule has 0 aromatic rings. The van der Waals surface area contributed by atoms with Crippen LogP contribution in [0.2, 0.25) is 0 Å². The van der Waals surface area contributed by atoms with Crippen LogP contribution in [0.4, 0.5) is 0 Å². The Bertz CT molecular complexity index is 227. The van der Waals surface area contributed by atoms with Crippen LogP contribution in [0, 0.1) is 23.7 Å². The van der Waals surface area contributed by atoms with Crippen LogP contribution in [-0.4, -0.2) is 17.8 Å². The van der Waals surface area contributed by atoms with E-state index in [1.807, 2.05) is 0 Å². The van der Waals surface area contributed by atoms with Crippen molar-refractivity contribution in [1.29, 1.82) is 0 Å². The molecule has 3 N–H and O–H groups in total. The predicted molar refractivity (Wildman–Crippen MR) is 71.6 cm³/mol. The Morgan fingerprint density at radius 2 is 1.82 bits per heavy atom. The second kappa shape index (κ2) is 6.19. The molecule has 2 nitrogen and oxygen atoms in total. The van der Waals surface area contributed by atoms with E-state index in [0.29, 0.717) is 18.4 Å². The number of hydrogen-bond donors (Lipinski definition) is 2. The van der Waals surface area contributed by atoms with E-state index in [1.54, 1.807) is 0 Å². The van der Waals surface area contributed by atoms with Crippen LogP contribution in [0.1, 0.15) is 58.3 Å². The minimum atomic E-state index is -0.145. The molecule has 0 spiro atoms. The second-order valence-corrected chi connectivity index (χ2v) is 6.27. The zero-order chi connectivity index (χ0) is 12.3. The molecule has 0 aromatic carbocycles. The third-order valence-electron chi connectivity index (χ3n) is 5.37. The van der Waals surface area contributed by atoms with Crippen molar-refractivity contribution >= 4 is 0 Å². The Morgan fingerprint density at radius 1 is 1.12 bits per heavy atom. The molecule has 2 saturated carbocycles. The van der Waals surface area contributed by atoms with Crippen molar-refractivity contribution in [3.05, 3.63) is 0 Å². The molecule has 5 atom stereocenters. The summed E-state index contributed by atoms with van der Waals surface area (Å²) in [6, 6.07) is 0. The van der Waals surface area contributed by atoms with Crippen LogP contribution in [0.3, 0.4) is 0 Å². The number of aliphatic hydroxyl groups is 1. The molecule has 0 aromatic heterocycles. The highest BCUT2D eigenvalue weighted by atomic mass is 16.3. The monoisotopic (exact) mass is 239 g/mol. The molecule has 100 valence electrons. The van der Waals surface area contributed by atoms with E-state index in [4.69, 9.17) is 5.73 Å². The van der Waals surface area contributed by atoms with E-state index in [1.165, 1.54) is 44.9 Å². The van der Waals surface area contributed by atoms with Gasteiger partial charge >= 0.3 is 0 Å². The van der Waals surface area contributed by atoms with Gasteiger partial charge in [-0.1, -0.05) is 32.6 Å². The fourth-order valence-electron chi connectivity index (χ4n) is 4.15. The number of aliphatic hydroxyl groups excluding tert-OH is 1. The first kappa shape index (κ1) is 13.4. The van der Waals surface area contributed by atoms with Crippen molar-refractivity contribution in [3.8, 4) is 0 Å². The summed E-state index contributed by atoms with van der Waals surface area (Å²) in [4.78, 5) is 0. The van der Waals surface area contributed by atoms with Crippen LogP contribution < -0.4 is 5.73 Å². The van der Waals surface area contributed by atoms with E-state index in [-0.39, 0.29) is 6.10 Å². The van der Waals surface area contributed by atoms with Gasteiger partial charge in [-0.25, -0.2) is 0 Å². The molecule has 0 amide bonds. The lowest BCUT2D eigenvalue weighted by molar-refractivity contribution is 0.00213. The van der Waals surface area contributed by atoms with Crippen LogP contribution >= 0.6 is 0 Å². The van der Waals surface area contributed by atoms with Gasteiger partial charge in [-0.05, 0) is 55.9 Å². The fraction of sp³-hybridized carbons (Fsp3) is 1.00. The van der Waals surface area contributed by atoms with Gasteiger partial charge < -0.3 is 10.8 Å². The second-order valence-electron chi connectivity index (χ2n) is 6.27. The largest absolute Gasteiger partial charge is 0.393 e. The van der Waals surface area contributed by atoms with Crippen LogP contribution in [0.15, 0.2) is 0 Å². The van der Waals surface area contributed by atoms with E-state index >= 15 is 0 Å². The maximum atomic E-state index is 10.4. The van der Waals surface area contributed by atoms with Crippen molar-refractivity contribution in [2.24, 2.45) is 29.4 Å². The van der Waals surface area contributed by atoms with Crippen molar-refractivity contribution in [2.75, 3.05) is 6.54 Å². The lowest BCUT2D eigenvalue weighted by Crippen LogP contribution is -2.39. The molecule has 0 radical (unpaired) electrons. The molecule has 0 bridgehead atoms. The topological polar surface area (TPSA) is 46.2 Å². The molecule has 2 fully saturated rings. The smallest absolute Gasteiger partial charge is 0.0608 e. The van der Waals surface area contributed by atoms with Crippen LogP contribution in [0.25, 0.3) is 0 Å². The molecular weight excluding hydrogens is 210 g/mol. The van der Waals surface area contributed by atoms with Gasteiger partial charge in [0.25, 0.3) is 0 Å². The summed E-state index contributed by atoms with van der Waals surface area (Å²) in [5, 5.41) is 10.4. The molecule has 2 rings (SSSR count). The Labute approximate surface area is 106 Å². The van der Waals surface area contributed by atoms with E-state index in [9.17, 15) is 5.11 Å². The third-order valence-corrected chi connectivity index (χ3v) is 5.37. The van der Waals surface area contributed by atoms with Crippen LogP contribution in [-0.2, 0) is 0 Å². The molecule has 5 unspecified atom stereocenters. The summed E-state index contributed by atoms with van der Waals surface area (Å²) < 4.78 is 0. The summed E-state index contributed by atoms with van der Waals surface area (Å²) in [6.45, 7) is 2.79. The maximum absolute atomic E-state index is 10.4. The SMILES string of the molecule is CCC(CN)C(O)C1CCC2CCCCC2C1. The molecule has 17 heavy (non-hydrogen) atoms. The molecular formula is C15H29NO. The minimum absolute atomic E-state index is 0.145.